The Morgan fingerprint density at radius 2 is 1.83 bits per heavy atom. The molecule has 3 rings (SSSR count). The number of carboxylic acids is 1. The lowest BCUT2D eigenvalue weighted by atomic mass is 10.0. The van der Waals surface area contributed by atoms with Crippen molar-refractivity contribution in [2.45, 2.75) is 6.42 Å². The van der Waals surface area contributed by atoms with E-state index in [0.717, 1.165) is 37.6 Å². The van der Waals surface area contributed by atoms with Gasteiger partial charge in [-0.2, -0.15) is 0 Å². The monoisotopic (exact) mass is 413 g/mol. The second kappa shape index (κ2) is 9.98. The number of carboxylic acid groups (broad SMARTS) is 1. The maximum absolute atomic E-state index is 12.3. The molecule has 0 spiro atoms. The molecular formula is C22H27N3O5. The van der Waals surface area contributed by atoms with Crippen molar-refractivity contribution in [1.29, 1.82) is 0 Å². The van der Waals surface area contributed by atoms with Crippen molar-refractivity contribution < 1.29 is 24.5 Å². The minimum absolute atomic E-state index is 0.0384. The lowest BCUT2D eigenvalue weighted by molar-refractivity contribution is -0.144. The number of nitrogens with one attached hydrogen (secondary N) is 1. The topological polar surface area (TPSA) is 102 Å². The number of phenols is 1. The van der Waals surface area contributed by atoms with Gasteiger partial charge in [-0.25, -0.2) is 0 Å². The largest absolute Gasteiger partial charge is 0.508 e. The Morgan fingerprint density at radius 3 is 2.50 bits per heavy atom. The molecule has 30 heavy (non-hydrogen) atoms. The van der Waals surface area contributed by atoms with Crippen LogP contribution < -0.4 is 15.0 Å². The van der Waals surface area contributed by atoms with Gasteiger partial charge < -0.3 is 25.2 Å². The third-order valence-electron chi connectivity index (χ3n) is 5.18. The molecule has 1 fully saturated rings. The van der Waals surface area contributed by atoms with Gasteiger partial charge in [0.25, 0.3) is 0 Å². The summed E-state index contributed by atoms with van der Waals surface area (Å²) in [5.41, 5.74) is 1.52. The van der Waals surface area contributed by atoms with Crippen LogP contribution in [-0.4, -0.2) is 66.8 Å². The smallest absolute Gasteiger partial charge is 0.308 e. The zero-order chi connectivity index (χ0) is 21.5. The van der Waals surface area contributed by atoms with Gasteiger partial charge >= 0.3 is 5.97 Å². The zero-order valence-corrected chi connectivity index (χ0v) is 17.0. The molecule has 1 aliphatic rings. The number of aromatic hydroxyl groups is 1. The first-order valence-electron chi connectivity index (χ1n) is 9.87. The van der Waals surface area contributed by atoms with Crippen LogP contribution in [0.5, 0.6) is 11.5 Å². The van der Waals surface area contributed by atoms with Crippen LogP contribution in [0.4, 0.5) is 11.4 Å². The number of amides is 1. The highest BCUT2D eigenvalue weighted by molar-refractivity contribution is 5.93. The van der Waals surface area contributed by atoms with E-state index in [1.54, 1.807) is 19.2 Å². The first kappa shape index (κ1) is 21.4. The fourth-order valence-corrected chi connectivity index (χ4v) is 3.56. The Hall–Kier alpha value is -3.26. The van der Waals surface area contributed by atoms with E-state index < -0.39 is 11.9 Å². The van der Waals surface area contributed by atoms with Crippen molar-refractivity contribution in [1.82, 2.24) is 4.90 Å². The molecule has 0 radical (unpaired) electrons. The summed E-state index contributed by atoms with van der Waals surface area (Å²) < 4.78 is 5.28. The molecule has 3 N–H and O–H groups in total. The predicted molar refractivity (Wildman–Crippen MR) is 114 cm³/mol. The van der Waals surface area contributed by atoms with E-state index in [1.807, 2.05) is 24.3 Å². The molecule has 0 aromatic heterocycles. The van der Waals surface area contributed by atoms with Crippen LogP contribution in [0.3, 0.4) is 0 Å². The molecule has 0 bridgehead atoms. The summed E-state index contributed by atoms with van der Waals surface area (Å²) in [7, 11) is 1.64. The second-order valence-electron chi connectivity index (χ2n) is 7.33. The molecule has 1 heterocycles. The van der Waals surface area contributed by atoms with Crippen molar-refractivity contribution in [2.24, 2.45) is 5.92 Å². The van der Waals surface area contributed by atoms with Crippen LogP contribution >= 0.6 is 0 Å². The van der Waals surface area contributed by atoms with Crippen LogP contribution in [0.1, 0.15) is 6.42 Å². The Bertz CT molecular complexity index is 881. The zero-order valence-electron chi connectivity index (χ0n) is 17.0. The van der Waals surface area contributed by atoms with Gasteiger partial charge in [0.1, 0.15) is 11.5 Å². The Labute approximate surface area is 175 Å². The number of rotatable bonds is 8. The van der Waals surface area contributed by atoms with Crippen molar-refractivity contribution in [3.05, 3.63) is 48.5 Å². The van der Waals surface area contributed by atoms with Crippen molar-refractivity contribution in [2.75, 3.05) is 50.1 Å². The van der Waals surface area contributed by atoms with Crippen LogP contribution in [0, 0.1) is 5.92 Å². The molecule has 160 valence electrons. The number of carbonyl (C=O) groups is 2. The molecule has 8 heteroatoms. The molecule has 1 amide bonds. The number of hydrogen-bond acceptors (Lipinski definition) is 6. The van der Waals surface area contributed by atoms with E-state index in [1.165, 1.54) is 12.1 Å². The number of phenolic OH excluding ortho intramolecular Hbond substituents is 1. The van der Waals surface area contributed by atoms with E-state index in [4.69, 9.17) is 4.74 Å². The van der Waals surface area contributed by atoms with Crippen molar-refractivity contribution >= 4 is 23.3 Å². The van der Waals surface area contributed by atoms with E-state index in [2.05, 4.69) is 15.1 Å². The molecule has 0 unspecified atom stereocenters. The summed E-state index contributed by atoms with van der Waals surface area (Å²) in [6.45, 7) is 3.29. The number of ether oxygens (including phenoxy) is 1. The van der Waals surface area contributed by atoms with Gasteiger partial charge in [0.05, 0.1) is 13.0 Å². The minimum atomic E-state index is -0.990. The number of methoxy groups -OCH3 is 1. The Balaban J connectivity index is 1.52. The third-order valence-corrected chi connectivity index (χ3v) is 5.18. The average molecular weight is 413 g/mol. The van der Waals surface area contributed by atoms with E-state index in [0.29, 0.717) is 12.2 Å². The standard InChI is InChI=1S/C22H27N3O5/c1-30-20-7-3-5-18(14-20)25-10-8-24(9-11-25)15-16(22(28)29)12-21(27)23-17-4-2-6-19(26)13-17/h2-7,13-14,16,26H,8-12,15H2,1H3,(H,23,27)(H,28,29)/t16-/m1/s1. The summed E-state index contributed by atoms with van der Waals surface area (Å²) in [6.07, 6.45) is -0.124. The predicted octanol–water partition coefficient (Wildman–Crippen LogP) is 2.25. The molecule has 1 saturated heterocycles. The fourth-order valence-electron chi connectivity index (χ4n) is 3.56. The van der Waals surface area contributed by atoms with Crippen LogP contribution in [0.2, 0.25) is 0 Å². The first-order chi connectivity index (χ1) is 14.4. The molecule has 0 aliphatic carbocycles. The van der Waals surface area contributed by atoms with Crippen molar-refractivity contribution in [3.63, 3.8) is 0 Å². The lowest BCUT2D eigenvalue weighted by Crippen LogP contribution is -2.48. The van der Waals surface area contributed by atoms with E-state index >= 15 is 0 Å². The van der Waals surface area contributed by atoms with Crippen molar-refractivity contribution in [3.8, 4) is 11.5 Å². The van der Waals surface area contributed by atoms with Gasteiger partial charge in [0, 0.05) is 62.7 Å². The summed E-state index contributed by atoms with van der Waals surface area (Å²) in [5.74, 6) is -1.33. The summed E-state index contributed by atoms with van der Waals surface area (Å²) in [5, 5.41) is 21.7. The minimum Gasteiger partial charge on any atom is -0.508 e. The molecule has 8 nitrogen and oxygen atoms in total. The maximum Gasteiger partial charge on any atom is 0.308 e. The van der Waals surface area contributed by atoms with Gasteiger partial charge in [-0.15, -0.1) is 0 Å². The average Bonchev–Trinajstić information content (AvgIpc) is 2.73. The SMILES string of the molecule is COc1cccc(N2CCN(C[C@@H](CC(=O)Nc3cccc(O)c3)C(=O)O)CC2)c1. The molecule has 0 saturated carbocycles. The van der Waals surface area contributed by atoms with E-state index in [9.17, 15) is 19.8 Å². The highest BCUT2D eigenvalue weighted by atomic mass is 16.5. The molecule has 1 atom stereocenters. The number of aliphatic carboxylic acids is 1. The summed E-state index contributed by atoms with van der Waals surface area (Å²) >= 11 is 0. The highest BCUT2D eigenvalue weighted by Crippen LogP contribution is 2.23. The van der Waals surface area contributed by atoms with Gasteiger partial charge in [-0.3, -0.25) is 14.5 Å². The third kappa shape index (κ3) is 5.87. The number of carbonyl (C=O) groups excluding carboxylic acids is 1. The maximum atomic E-state index is 12.3. The fraction of sp³-hybridized carbons (Fsp3) is 0.364. The molecule has 1 aliphatic heterocycles. The number of piperazine rings is 1. The van der Waals surface area contributed by atoms with Gasteiger partial charge in [0.2, 0.25) is 5.91 Å². The number of benzene rings is 2. The van der Waals surface area contributed by atoms with Gasteiger partial charge in [-0.1, -0.05) is 12.1 Å². The normalized spacial score (nSPS) is 15.4. The number of hydrogen-bond donors (Lipinski definition) is 3. The Morgan fingerprint density at radius 1 is 1.10 bits per heavy atom. The molecule has 2 aromatic carbocycles. The Kier molecular flexibility index (Phi) is 7.13. The summed E-state index contributed by atoms with van der Waals surface area (Å²) in [6, 6.07) is 14.1. The van der Waals surface area contributed by atoms with Gasteiger partial charge in [0.15, 0.2) is 0 Å². The van der Waals surface area contributed by atoms with Crippen LogP contribution in [-0.2, 0) is 9.59 Å². The molecule has 2 aromatic rings. The quantitative estimate of drug-likeness (QED) is 0.610. The first-order valence-corrected chi connectivity index (χ1v) is 9.87. The van der Waals surface area contributed by atoms with Gasteiger partial charge in [-0.05, 0) is 24.3 Å². The molecular weight excluding hydrogens is 386 g/mol. The number of anilines is 2. The summed E-state index contributed by atoms with van der Waals surface area (Å²) in [4.78, 5) is 28.3. The van der Waals surface area contributed by atoms with Crippen LogP contribution in [0.15, 0.2) is 48.5 Å². The highest BCUT2D eigenvalue weighted by Gasteiger charge is 2.26. The number of nitrogens with zero attached hydrogens (tertiary/aromatic N) is 2. The second-order valence-corrected chi connectivity index (χ2v) is 7.33. The van der Waals surface area contributed by atoms with E-state index in [-0.39, 0.29) is 18.1 Å². The lowest BCUT2D eigenvalue weighted by Gasteiger charge is -2.37. The van der Waals surface area contributed by atoms with Crippen LogP contribution in [0.25, 0.3) is 0 Å².